The number of rotatable bonds is 7. The summed E-state index contributed by atoms with van der Waals surface area (Å²) in [6.07, 6.45) is 0. The molecule has 30 heavy (non-hydrogen) atoms. The standard InChI is InChI=1S/C23H25N3O3S/c1-14(2)13-26-22(29)19-7-5-6-8-20(19)25-23(26)30-15(3)21(28)17-9-11-18(12-10-17)24-16(4)27/h5-12,14-15H,13H2,1-4H3,(H,24,27)/t15-/m1/s1. The van der Waals surface area contributed by atoms with Crippen LogP contribution in [0.25, 0.3) is 10.9 Å². The summed E-state index contributed by atoms with van der Waals surface area (Å²) in [5.41, 5.74) is 1.73. The Balaban J connectivity index is 1.89. The van der Waals surface area contributed by atoms with Gasteiger partial charge in [0.25, 0.3) is 5.56 Å². The van der Waals surface area contributed by atoms with Crippen LogP contribution >= 0.6 is 11.8 Å². The van der Waals surface area contributed by atoms with Crippen LogP contribution in [0.1, 0.15) is 38.1 Å². The van der Waals surface area contributed by atoms with E-state index >= 15 is 0 Å². The first-order valence-electron chi connectivity index (χ1n) is 9.84. The Morgan fingerprint density at radius 3 is 2.37 bits per heavy atom. The van der Waals surface area contributed by atoms with Gasteiger partial charge in [-0.15, -0.1) is 0 Å². The van der Waals surface area contributed by atoms with E-state index in [0.29, 0.717) is 33.9 Å². The topological polar surface area (TPSA) is 81.1 Å². The minimum atomic E-state index is -0.428. The Labute approximate surface area is 179 Å². The average molecular weight is 424 g/mol. The van der Waals surface area contributed by atoms with E-state index in [1.807, 2.05) is 39.0 Å². The molecular formula is C23H25N3O3S. The molecule has 0 radical (unpaired) electrons. The SMILES string of the molecule is CC(=O)Nc1ccc(C(=O)[C@@H](C)Sc2nc3ccccc3c(=O)n2CC(C)C)cc1. The molecule has 1 N–H and O–H groups in total. The fourth-order valence-electron chi connectivity index (χ4n) is 3.13. The molecule has 0 fully saturated rings. The van der Waals surface area contributed by atoms with Gasteiger partial charge in [0.15, 0.2) is 10.9 Å². The maximum Gasteiger partial charge on any atom is 0.262 e. The molecule has 1 amide bonds. The van der Waals surface area contributed by atoms with Crippen molar-refractivity contribution in [2.24, 2.45) is 5.92 Å². The number of ketones is 1. The maximum absolute atomic E-state index is 13.0. The van der Waals surface area contributed by atoms with Gasteiger partial charge in [-0.2, -0.15) is 0 Å². The number of nitrogens with one attached hydrogen (secondary N) is 1. The number of para-hydroxylation sites is 1. The summed E-state index contributed by atoms with van der Waals surface area (Å²) in [6, 6.07) is 14.1. The number of aromatic nitrogens is 2. The van der Waals surface area contributed by atoms with E-state index < -0.39 is 5.25 Å². The maximum atomic E-state index is 13.0. The van der Waals surface area contributed by atoms with E-state index in [0.717, 1.165) is 0 Å². The van der Waals surface area contributed by atoms with Gasteiger partial charge in [0, 0.05) is 24.7 Å². The molecule has 2 aromatic carbocycles. The molecule has 3 aromatic rings. The molecule has 0 aliphatic carbocycles. The Morgan fingerprint density at radius 1 is 1.07 bits per heavy atom. The molecule has 0 unspecified atom stereocenters. The zero-order chi connectivity index (χ0) is 21.8. The number of hydrogen-bond donors (Lipinski definition) is 1. The Morgan fingerprint density at radius 2 is 1.73 bits per heavy atom. The van der Waals surface area contributed by atoms with Crippen LogP contribution in [0.2, 0.25) is 0 Å². The average Bonchev–Trinajstić information content (AvgIpc) is 2.70. The minimum Gasteiger partial charge on any atom is -0.326 e. The molecule has 0 aliphatic rings. The lowest BCUT2D eigenvalue weighted by molar-refractivity contribution is -0.114. The molecule has 1 heterocycles. The first kappa shape index (κ1) is 21.8. The number of Topliss-reactive ketones (excluding diaryl/α,β-unsaturated/α-hetero) is 1. The number of thioether (sulfide) groups is 1. The third-order valence-electron chi connectivity index (χ3n) is 4.52. The quantitative estimate of drug-likeness (QED) is 0.347. The molecule has 156 valence electrons. The normalized spacial score (nSPS) is 12.2. The van der Waals surface area contributed by atoms with Crippen LogP contribution in [0.15, 0.2) is 58.5 Å². The molecule has 3 rings (SSSR count). The number of carbonyl (C=O) groups is 2. The van der Waals surface area contributed by atoms with Gasteiger partial charge < -0.3 is 5.32 Å². The van der Waals surface area contributed by atoms with Crippen molar-refractivity contribution in [1.29, 1.82) is 0 Å². The zero-order valence-electron chi connectivity index (χ0n) is 17.5. The van der Waals surface area contributed by atoms with Gasteiger partial charge in [0.2, 0.25) is 5.91 Å². The van der Waals surface area contributed by atoms with Crippen molar-refractivity contribution in [2.45, 2.75) is 44.6 Å². The summed E-state index contributed by atoms with van der Waals surface area (Å²) in [6.45, 7) is 7.87. The van der Waals surface area contributed by atoms with Crippen molar-refractivity contribution in [3.05, 3.63) is 64.4 Å². The van der Waals surface area contributed by atoms with Gasteiger partial charge >= 0.3 is 0 Å². The Hall–Kier alpha value is -2.93. The summed E-state index contributed by atoms with van der Waals surface area (Å²) in [4.78, 5) is 41.8. The third-order valence-corrected chi connectivity index (χ3v) is 5.61. The summed E-state index contributed by atoms with van der Waals surface area (Å²) in [5.74, 6) is 0.0359. The largest absolute Gasteiger partial charge is 0.326 e. The lowest BCUT2D eigenvalue weighted by Gasteiger charge is -2.17. The molecule has 0 saturated heterocycles. The first-order valence-corrected chi connectivity index (χ1v) is 10.7. The van der Waals surface area contributed by atoms with Gasteiger partial charge in [0.1, 0.15) is 0 Å². The summed E-state index contributed by atoms with van der Waals surface area (Å²) in [7, 11) is 0. The second-order valence-corrected chi connectivity index (χ2v) is 8.91. The molecule has 0 aliphatic heterocycles. The second-order valence-electron chi connectivity index (χ2n) is 7.60. The lowest BCUT2D eigenvalue weighted by Crippen LogP contribution is -2.26. The van der Waals surface area contributed by atoms with Crippen molar-refractivity contribution in [2.75, 3.05) is 5.32 Å². The van der Waals surface area contributed by atoms with Crippen molar-refractivity contribution in [1.82, 2.24) is 9.55 Å². The predicted octanol–water partition coefficient (Wildman–Crippen LogP) is 4.37. The highest BCUT2D eigenvalue weighted by atomic mass is 32.2. The first-order chi connectivity index (χ1) is 14.3. The summed E-state index contributed by atoms with van der Waals surface area (Å²) >= 11 is 1.29. The number of hydrogen-bond acceptors (Lipinski definition) is 5. The second kappa shape index (κ2) is 9.26. The van der Waals surface area contributed by atoms with Crippen LogP contribution < -0.4 is 10.9 Å². The number of carbonyl (C=O) groups excluding carboxylic acids is 2. The smallest absolute Gasteiger partial charge is 0.262 e. The van der Waals surface area contributed by atoms with Gasteiger partial charge in [-0.05, 0) is 49.2 Å². The third kappa shape index (κ3) is 4.97. The monoisotopic (exact) mass is 423 g/mol. The van der Waals surface area contributed by atoms with Gasteiger partial charge in [-0.25, -0.2) is 4.98 Å². The van der Waals surface area contributed by atoms with Gasteiger partial charge in [-0.1, -0.05) is 37.7 Å². The van der Waals surface area contributed by atoms with E-state index in [-0.39, 0.29) is 23.2 Å². The summed E-state index contributed by atoms with van der Waals surface area (Å²) < 4.78 is 1.67. The fraction of sp³-hybridized carbons (Fsp3) is 0.304. The van der Waals surface area contributed by atoms with Crippen LogP contribution in [-0.4, -0.2) is 26.5 Å². The predicted molar refractivity (Wildman–Crippen MR) is 121 cm³/mol. The molecule has 6 nitrogen and oxygen atoms in total. The van der Waals surface area contributed by atoms with Crippen molar-refractivity contribution in [3.8, 4) is 0 Å². The van der Waals surface area contributed by atoms with Crippen LogP contribution in [0, 0.1) is 5.92 Å². The minimum absolute atomic E-state index is 0.0621. The van der Waals surface area contributed by atoms with Crippen molar-refractivity contribution >= 4 is 40.0 Å². The highest BCUT2D eigenvalue weighted by Crippen LogP contribution is 2.26. The number of amides is 1. The van der Waals surface area contributed by atoms with Crippen molar-refractivity contribution < 1.29 is 9.59 Å². The zero-order valence-corrected chi connectivity index (χ0v) is 18.3. The number of nitrogens with zero attached hydrogens (tertiary/aromatic N) is 2. The van der Waals surface area contributed by atoms with E-state index in [9.17, 15) is 14.4 Å². The Bertz CT molecular complexity index is 1140. The Kier molecular flexibility index (Phi) is 6.72. The number of anilines is 1. The molecule has 0 spiro atoms. The number of fused-ring (bicyclic) bond motifs is 1. The molecule has 1 atom stereocenters. The van der Waals surface area contributed by atoms with Crippen molar-refractivity contribution in [3.63, 3.8) is 0 Å². The highest BCUT2D eigenvalue weighted by molar-refractivity contribution is 8.00. The van der Waals surface area contributed by atoms with Gasteiger partial charge in [0.05, 0.1) is 16.2 Å². The van der Waals surface area contributed by atoms with E-state index in [4.69, 9.17) is 0 Å². The molecule has 7 heteroatoms. The summed E-state index contributed by atoms with van der Waals surface area (Å²) in [5, 5.41) is 3.38. The van der Waals surface area contributed by atoms with Crippen LogP contribution in [0.3, 0.4) is 0 Å². The lowest BCUT2D eigenvalue weighted by atomic mass is 10.1. The van der Waals surface area contributed by atoms with E-state index in [1.54, 1.807) is 34.9 Å². The number of benzene rings is 2. The molecule has 0 bridgehead atoms. The van der Waals surface area contributed by atoms with Crippen LogP contribution in [0.5, 0.6) is 0 Å². The van der Waals surface area contributed by atoms with E-state index in [2.05, 4.69) is 10.3 Å². The molecular weight excluding hydrogens is 398 g/mol. The van der Waals surface area contributed by atoms with Crippen LogP contribution in [-0.2, 0) is 11.3 Å². The van der Waals surface area contributed by atoms with Gasteiger partial charge in [-0.3, -0.25) is 19.0 Å². The van der Waals surface area contributed by atoms with Crippen LogP contribution in [0.4, 0.5) is 5.69 Å². The fourth-order valence-corrected chi connectivity index (χ4v) is 4.13. The molecule has 0 saturated carbocycles. The van der Waals surface area contributed by atoms with E-state index in [1.165, 1.54) is 18.7 Å². The highest BCUT2D eigenvalue weighted by Gasteiger charge is 2.21. The molecule has 1 aromatic heterocycles.